The fourth-order valence-corrected chi connectivity index (χ4v) is 2.70. The Morgan fingerprint density at radius 3 is 2.80 bits per heavy atom. The van der Waals surface area contributed by atoms with Gasteiger partial charge in [-0.15, -0.1) is 0 Å². The molecule has 0 spiro atoms. The average Bonchev–Trinajstić information content (AvgIpc) is 2.43. The molecular formula is C16H25N3O. The van der Waals surface area contributed by atoms with Crippen LogP contribution in [0, 0.1) is 12.8 Å². The van der Waals surface area contributed by atoms with Crippen molar-refractivity contribution in [1.29, 1.82) is 0 Å². The van der Waals surface area contributed by atoms with Gasteiger partial charge in [0, 0.05) is 12.2 Å². The molecule has 1 fully saturated rings. The van der Waals surface area contributed by atoms with Crippen LogP contribution in [0.25, 0.3) is 0 Å². The summed E-state index contributed by atoms with van der Waals surface area (Å²) in [4.78, 5) is 14.5. The first kappa shape index (κ1) is 14.9. The summed E-state index contributed by atoms with van der Waals surface area (Å²) in [6.07, 6.45) is 3.53. The second-order valence-corrected chi connectivity index (χ2v) is 5.88. The summed E-state index contributed by atoms with van der Waals surface area (Å²) >= 11 is 0. The highest BCUT2D eigenvalue weighted by atomic mass is 16.1. The largest absolute Gasteiger partial charge is 0.398 e. The molecule has 3 N–H and O–H groups in total. The molecule has 1 saturated heterocycles. The van der Waals surface area contributed by atoms with Gasteiger partial charge in [0.1, 0.15) is 0 Å². The zero-order valence-corrected chi connectivity index (χ0v) is 12.5. The quantitative estimate of drug-likeness (QED) is 0.827. The van der Waals surface area contributed by atoms with Crippen molar-refractivity contribution in [3.63, 3.8) is 0 Å². The number of benzene rings is 1. The molecule has 4 heteroatoms. The van der Waals surface area contributed by atoms with E-state index in [0.29, 0.717) is 11.3 Å². The number of rotatable bonds is 4. The molecule has 0 aromatic heterocycles. The molecule has 0 unspecified atom stereocenters. The molecule has 1 aromatic carbocycles. The maximum absolute atomic E-state index is 12.1. The standard InChI is InChI=1S/C16H25N3O/c1-12-3-4-15(17)14(11-12)16(20)18-8-5-13-6-9-19(2)10-7-13/h3-4,11,13H,5-10,17H2,1-2H3,(H,18,20). The van der Waals surface area contributed by atoms with Gasteiger partial charge in [-0.05, 0) is 64.4 Å². The maximum atomic E-state index is 12.1. The third-order valence-corrected chi connectivity index (χ3v) is 4.13. The maximum Gasteiger partial charge on any atom is 0.253 e. The first-order valence-corrected chi connectivity index (χ1v) is 7.39. The number of nitrogens with zero attached hydrogens (tertiary/aromatic N) is 1. The summed E-state index contributed by atoms with van der Waals surface area (Å²) in [5, 5.41) is 2.99. The number of carbonyl (C=O) groups is 1. The lowest BCUT2D eigenvalue weighted by atomic mass is 9.94. The van der Waals surface area contributed by atoms with E-state index < -0.39 is 0 Å². The molecule has 1 heterocycles. The molecule has 0 aliphatic carbocycles. The predicted molar refractivity (Wildman–Crippen MR) is 82.8 cm³/mol. The van der Waals surface area contributed by atoms with Crippen molar-refractivity contribution in [3.05, 3.63) is 29.3 Å². The molecule has 2 rings (SSSR count). The molecule has 0 atom stereocenters. The van der Waals surface area contributed by atoms with Crippen molar-refractivity contribution in [2.75, 3.05) is 32.4 Å². The van der Waals surface area contributed by atoms with Gasteiger partial charge in [0.05, 0.1) is 5.56 Å². The lowest BCUT2D eigenvalue weighted by Crippen LogP contribution is -2.32. The molecule has 4 nitrogen and oxygen atoms in total. The van der Waals surface area contributed by atoms with Crippen molar-refractivity contribution in [2.24, 2.45) is 5.92 Å². The summed E-state index contributed by atoms with van der Waals surface area (Å²) in [6.45, 7) is 5.04. The number of hydrogen-bond donors (Lipinski definition) is 2. The molecule has 0 saturated carbocycles. The second kappa shape index (κ2) is 6.75. The highest BCUT2D eigenvalue weighted by Crippen LogP contribution is 2.19. The summed E-state index contributed by atoms with van der Waals surface area (Å²) in [7, 11) is 2.17. The molecular weight excluding hydrogens is 250 g/mol. The highest BCUT2D eigenvalue weighted by molar-refractivity contribution is 5.99. The number of amides is 1. The second-order valence-electron chi connectivity index (χ2n) is 5.88. The van der Waals surface area contributed by atoms with E-state index in [2.05, 4.69) is 17.3 Å². The van der Waals surface area contributed by atoms with Crippen LogP contribution < -0.4 is 11.1 Å². The van der Waals surface area contributed by atoms with Crippen LogP contribution in [0.1, 0.15) is 35.2 Å². The van der Waals surface area contributed by atoms with Crippen LogP contribution in [-0.4, -0.2) is 37.5 Å². The van der Waals surface area contributed by atoms with Crippen LogP contribution in [0.5, 0.6) is 0 Å². The van der Waals surface area contributed by atoms with Gasteiger partial charge in [0.25, 0.3) is 5.91 Å². The number of aryl methyl sites for hydroxylation is 1. The number of carbonyl (C=O) groups excluding carboxylic acids is 1. The number of nitrogens with one attached hydrogen (secondary N) is 1. The molecule has 1 amide bonds. The van der Waals surface area contributed by atoms with Crippen molar-refractivity contribution in [1.82, 2.24) is 10.2 Å². The lowest BCUT2D eigenvalue weighted by Gasteiger charge is -2.28. The Balaban J connectivity index is 1.79. The van der Waals surface area contributed by atoms with Gasteiger partial charge < -0.3 is 16.0 Å². The Labute approximate surface area is 121 Å². The molecule has 1 aliphatic heterocycles. The zero-order valence-electron chi connectivity index (χ0n) is 12.5. The van der Waals surface area contributed by atoms with Gasteiger partial charge in [-0.3, -0.25) is 4.79 Å². The van der Waals surface area contributed by atoms with Crippen LogP contribution in [-0.2, 0) is 0 Å². The topological polar surface area (TPSA) is 58.4 Å². The minimum absolute atomic E-state index is 0.0564. The molecule has 1 aliphatic rings. The third kappa shape index (κ3) is 3.97. The summed E-state index contributed by atoms with van der Waals surface area (Å²) in [5.41, 5.74) is 8.05. The van der Waals surface area contributed by atoms with Crippen molar-refractivity contribution in [3.8, 4) is 0 Å². The van der Waals surface area contributed by atoms with Crippen molar-refractivity contribution >= 4 is 11.6 Å². The number of piperidine rings is 1. The van der Waals surface area contributed by atoms with Crippen LogP contribution in [0.2, 0.25) is 0 Å². The molecule has 110 valence electrons. The van der Waals surface area contributed by atoms with Crippen LogP contribution in [0.4, 0.5) is 5.69 Å². The highest BCUT2D eigenvalue weighted by Gasteiger charge is 2.17. The lowest BCUT2D eigenvalue weighted by molar-refractivity contribution is 0.0949. The van der Waals surface area contributed by atoms with E-state index >= 15 is 0 Å². The van der Waals surface area contributed by atoms with Gasteiger partial charge in [-0.1, -0.05) is 11.6 Å². The van der Waals surface area contributed by atoms with Crippen LogP contribution in [0.15, 0.2) is 18.2 Å². The van der Waals surface area contributed by atoms with Gasteiger partial charge in [-0.2, -0.15) is 0 Å². The SMILES string of the molecule is Cc1ccc(N)c(C(=O)NCCC2CCN(C)CC2)c1. The molecule has 20 heavy (non-hydrogen) atoms. The minimum atomic E-state index is -0.0564. The van der Waals surface area contributed by atoms with E-state index in [4.69, 9.17) is 5.73 Å². The Bertz CT molecular complexity index is 465. The predicted octanol–water partition coefficient (Wildman–Crippen LogP) is 2.04. The Hall–Kier alpha value is -1.55. The summed E-state index contributed by atoms with van der Waals surface area (Å²) in [6, 6.07) is 5.56. The third-order valence-electron chi connectivity index (χ3n) is 4.13. The Morgan fingerprint density at radius 1 is 1.40 bits per heavy atom. The summed E-state index contributed by atoms with van der Waals surface area (Å²) < 4.78 is 0. The number of nitrogens with two attached hydrogens (primary N) is 1. The van der Waals surface area contributed by atoms with Crippen molar-refractivity contribution in [2.45, 2.75) is 26.2 Å². The van der Waals surface area contributed by atoms with Gasteiger partial charge in [0.2, 0.25) is 0 Å². The van der Waals surface area contributed by atoms with Gasteiger partial charge >= 0.3 is 0 Å². The number of nitrogen functional groups attached to an aromatic ring is 1. The monoisotopic (exact) mass is 275 g/mol. The van der Waals surface area contributed by atoms with E-state index in [1.807, 2.05) is 19.1 Å². The molecule has 0 bridgehead atoms. The Kier molecular flexibility index (Phi) is 5.01. The normalized spacial score (nSPS) is 17.1. The van der Waals surface area contributed by atoms with Crippen LogP contribution >= 0.6 is 0 Å². The van der Waals surface area contributed by atoms with Gasteiger partial charge in [0.15, 0.2) is 0 Å². The average molecular weight is 275 g/mol. The van der Waals surface area contributed by atoms with E-state index in [9.17, 15) is 4.79 Å². The first-order valence-electron chi connectivity index (χ1n) is 7.39. The number of anilines is 1. The minimum Gasteiger partial charge on any atom is -0.398 e. The van der Waals surface area contributed by atoms with E-state index in [1.165, 1.54) is 25.9 Å². The number of likely N-dealkylation sites (tertiary alicyclic amines) is 1. The van der Waals surface area contributed by atoms with Crippen molar-refractivity contribution < 1.29 is 4.79 Å². The van der Waals surface area contributed by atoms with Gasteiger partial charge in [-0.25, -0.2) is 0 Å². The molecule has 1 aromatic rings. The first-order chi connectivity index (χ1) is 9.56. The van der Waals surface area contributed by atoms with Crippen LogP contribution in [0.3, 0.4) is 0 Å². The zero-order chi connectivity index (χ0) is 14.5. The smallest absolute Gasteiger partial charge is 0.253 e. The molecule has 0 radical (unpaired) electrons. The summed E-state index contributed by atoms with van der Waals surface area (Å²) in [5.74, 6) is 0.681. The fraction of sp³-hybridized carbons (Fsp3) is 0.562. The van der Waals surface area contributed by atoms with E-state index in [-0.39, 0.29) is 5.91 Å². The fourth-order valence-electron chi connectivity index (χ4n) is 2.70. The van der Waals surface area contributed by atoms with E-state index in [1.54, 1.807) is 6.07 Å². The Morgan fingerprint density at radius 2 is 2.10 bits per heavy atom. The number of hydrogen-bond acceptors (Lipinski definition) is 3. The van der Waals surface area contributed by atoms with E-state index in [0.717, 1.165) is 24.4 Å².